The Bertz CT molecular complexity index is 720. The van der Waals surface area contributed by atoms with Gasteiger partial charge in [-0.1, -0.05) is 0 Å². The molecular formula is C16H18N4O2S. The van der Waals surface area contributed by atoms with E-state index < -0.39 is 0 Å². The molecule has 1 saturated heterocycles. The molecule has 6 nitrogen and oxygen atoms in total. The summed E-state index contributed by atoms with van der Waals surface area (Å²) in [6, 6.07) is 7.49. The molecule has 120 valence electrons. The molecule has 0 aliphatic carbocycles. The van der Waals surface area contributed by atoms with Gasteiger partial charge in [0.2, 0.25) is 11.8 Å². The summed E-state index contributed by atoms with van der Waals surface area (Å²) in [6.07, 6.45) is 0. The Morgan fingerprint density at radius 1 is 1.22 bits per heavy atom. The van der Waals surface area contributed by atoms with E-state index in [1.807, 2.05) is 36.6 Å². The summed E-state index contributed by atoms with van der Waals surface area (Å²) in [4.78, 5) is 29.2. The number of likely N-dealkylation sites (tertiary alicyclic amines) is 1. The normalized spacial score (nSPS) is 14.3. The molecule has 2 N–H and O–H groups in total. The smallest absolute Gasteiger partial charge is 0.231 e. The summed E-state index contributed by atoms with van der Waals surface area (Å²) in [7, 11) is 0. The van der Waals surface area contributed by atoms with Gasteiger partial charge in [-0.3, -0.25) is 9.59 Å². The molecule has 3 rings (SSSR count). The highest BCUT2D eigenvalue weighted by Crippen LogP contribution is 2.23. The van der Waals surface area contributed by atoms with Gasteiger partial charge in [-0.25, -0.2) is 4.98 Å². The van der Waals surface area contributed by atoms with Crippen molar-refractivity contribution in [3.8, 4) is 0 Å². The van der Waals surface area contributed by atoms with Gasteiger partial charge in [-0.15, -0.1) is 11.3 Å². The van der Waals surface area contributed by atoms with E-state index in [9.17, 15) is 9.59 Å². The number of amides is 2. The molecule has 23 heavy (non-hydrogen) atoms. The summed E-state index contributed by atoms with van der Waals surface area (Å²) in [6.45, 7) is 4.48. The second-order valence-electron chi connectivity index (χ2n) is 5.61. The first-order chi connectivity index (χ1) is 11.0. The van der Waals surface area contributed by atoms with Gasteiger partial charge >= 0.3 is 0 Å². The van der Waals surface area contributed by atoms with E-state index in [-0.39, 0.29) is 17.7 Å². The molecule has 0 unspecified atom stereocenters. The lowest BCUT2D eigenvalue weighted by Crippen LogP contribution is -2.53. The second-order valence-corrected chi connectivity index (χ2v) is 6.46. The van der Waals surface area contributed by atoms with Crippen molar-refractivity contribution >= 4 is 39.7 Å². The minimum atomic E-state index is -0.116. The van der Waals surface area contributed by atoms with Gasteiger partial charge in [0, 0.05) is 36.8 Å². The van der Waals surface area contributed by atoms with Crippen molar-refractivity contribution in [1.82, 2.24) is 9.88 Å². The van der Waals surface area contributed by atoms with Gasteiger partial charge in [0.1, 0.15) is 0 Å². The minimum Gasteiger partial charge on any atom is -0.341 e. The zero-order chi connectivity index (χ0) is 16.4. The number of thiazole rings is 1. The van der Waals surface area contributed by atoms with E-state index in [1.165, 1.54) is 6.92 Å². The van der Waals surface area contributed by atoms with E-state index in [0.717, 1.165) is 22.2 Å². The van der Waals surface area contributed by atoms with Crippen LogP contribution in [0.2, 0.25) is 0 Å². The van der Waals surface area contributed by atoms with Crippen molar-refractivity contribution in [2.24, 2.45) is 5.92 Å². The average Bonchev–Trinajstić information content (AvgIpc) is 2.84. The van der Waals surface area contributed by atoms with Crippen molar-refractivity contribution in [2.45, 2.75) is 13.8 Å². The monoisotopic (exact) mass is 330 g/mol. The van der Waals surface area contributed by atoms with Gasteiger partial charge in [-0.05, 0) is 31.2 Å². The molecule has 1 aliphatic heterocycles. The van der Waals surface area contributed by atoms with Crippen LogP contribution in [0.3, 0.4) is 0 Å². The highest BCUT2D eigenvalue weighted by atomic mass is 32.1. The Morgan fingerprint density at radius 3 is 2.43 bits per heavy atom. The van der Waals surface area contributed by atoms with Crippen molar-refractivity contribution < 1.29 is 9.59 Å². The number of benzene rings is 1. The SMILES string of the molecule is CC(=O)N1CC(C(=O)Nc2ccc(Nc3nc(C)cs3)cc2)C1. The molecule has 0 bridgehead atoms. The fraction of sp³-hybridized carbons (Fsp3) is 0.312. The number of carbonyl (C=O) groups is 2. The summed E-state index contributed by atoms with van der Waals surface area (Å²) < 4.78 is 0. The maximum Gasteiger partial charge on any atom is 0.231 e. The average molecular weight is 330 g/mol. The molecule has 0 saturated carbocycles. The summed E-state index contributed by atoms with van der Waals surface area (Å²) in [5.74, 6) is -0.143. The van der Waals surface area contributed by atoms with Crippen LogP contribution in [0.4, 0.5) is 16.5 Å². The van der Waals surface area contributed by atoms with Crippen LogP contribution in [0.5, 0.6) is 0 Å². The number of hydrogen-bond donors (Lipinski definition) is 2. The predicted octanol–water partition coefficient (Wildman–Crippen LogP) is 2.61. The zero-order valence-corrected chi connectivity index (χ0v) is 13.8. The molecule has 1 aliphatic rings. The van der Waals surface area contributed by atoms with Crippen LogP contribution >= 0.6 is 11.3 Å². The standard InChI is InChI=1S/C16H18N4O2S/c1-10-9-23-16(17-10)19-14-5-3-13(4-6-14)18-15(22)12-7-20(8-12)11(2)21/h3-6,9,12H,7-8H2,1-2H3,(H,17,19)(H,18,22). The van der Waals surface area contributed by atoms with Gasteiger partial charge < -0.3 is 15.5 Å². The number of aromatic nitrogens is 1. The van der Waals surface area contributed by atoms with Crippen LogP contribution in [0, 0.1) is 12.8 Å². The van der Waals surface area contributed by atoms with Crippen LogP contribution in [0.25, 0.3) is 0 Å². The number of hydrogen-bond acceptors (Lipinski definition) is 5. The van der Waals surface area contributed by atoms with E-state index >= 15 is 0 Å². The largest absolute Gasteiger partial charge is 0.341 e. The predicted molar refractivity (Wildman–Crippen MR) is 90.9 cm³/mol. The number of nitrogens with zero attached hydrogens (tertiary/aromatic N) is 2. The van der Waals surface area contributed by atoms with E-state index in [4.69, 9.17) is 0 Å². The van der Waals surface area contributed by atoms with E-state index in [2.05, 4.69) is 15.6 Å². The van der Waals surface area contributed by atoms with Gasteiger partial charge in [-0.2, -0.15) is 0 Å². The maximum atomic E-state index is 12.1. The van der Waals surface area contributed by atoms with Crippen LogP contribution in [-0.2, 0) is 9.59 Å². The lowest BCUT2D eigenvalue weighted by molar-refractivity contribution is -0.139. The van der Waals surface area contributed by atoms with Crippen molar-refractivity contribution in [3.63, 3.8) is 0 Å². The van der Waals surface area contributed by atoms with Gasteiger partial charge in [0.05, 0.1) is 11.6 Å². The van der Waals surface area contributed by atoms with E-state index in [0.29, 0.717) is 13.1 Å². The van der Waals surface area contributed by atoms with Crippen molar-refractivity contribution in [1.29, 1.82) is 0 Å². The third-order valence-corrected chi connectivity index (χ3v) is 4.60. The Hall–Kier alpha value is -2.41. The summed E-state index contributed by atoms with van der Waals surface area (Å²) >= 11 is 1.55. The Balaban J connectivity index is 1.53. The summed E-state index contributed by atoms with van der Waals surface area (Å²) in [5, 5.41) is 8.93. The molecule has 2 heterocycles. The summed E-state index contributed by atoms with van der Waals surface area (Å²) in [5.41, 5.74) is 2.65. The molecule has 1 aromatic heterocycles. The number of carbonyl (C=O) groups excluding carboxylic acids is 2. The first kappa shape index (κ1) is 15.5. The fourth-order valence-corrected chi connectivity index (χ4v) is 3.03. The molecular weight excluding hydrogens is 312 g/mol. The van der Waals surface area contributed by atoms with E-state index in [1.54, 1.807) is 16.2 Å². The number of nitrogens with one attached hydrogen (secondary N) is 2. The number of anilines is 3. The third kappa shape index (κ3) is 3.68. The molecule has 0 atom stereocenters. The molecule has 0 spiro atoms. The third-order valence-electron chi connectivity index (χ3n) is 3.72. The molecule has 2 amide bonds. The maximum absolute atomic E-state index is 12.1. The highest BCUT2D eigenvalue weighted by Gasteiger charge is 2.33. The zero-order valence-electron chi connectivity index (χ0n) is 13.0. The fourth-order valence-electron chi connectivity index (χ4n) is 2.32. The quantitative estimate of drug-likeness (QED) is 0.904. The molecule has 2 aromatic rings. The second kappa shape index (κ2) is 6.37. The first-order valence-electron chi connectivity index (χ1n) is 7.37. The first-order valence-corrected chi connectivity index (χ1v) is 8.25. The molecule has 1 fully saturated rings. The topological polar surface area (TPSA) is 74.3 Å². The van der Waals surface area contributed by atoms with Gasteiger partial charge in [0.25, 0.3) is 0 Å². The van der Waals surface area contributed by atoms with Gasteiger partial charge in [0.15, 0.2) is 5.13 Å². The Kier molecular flexibility index (Phi) is 4.29. The van der Waals surface area contributed by atoms with Crippen LogP contribution in [0.15, 0.2) is 29.6 Å². The Morgan fingerprint density at radius 2 is 1.87 bits per heavy atom. The minimum absolute atomic E-state index is 0.0156. The highest BCUT2D eigenvalue weighted by molar-refractivity contribution is 7.13. The van der Waals surface area contributed by atoms with Crippen molar-refractivity contribution in [3.05, 3.63) is 35.3 Å². The lowest BCUT2D eigenvalue weighted by atomic mass is 9.99. The molecule has 1 aromatic carbocycles. The lowest BCUT2D eigenvalue weighted by Gasteiger charge is -2.37. The molecule has 7 heteroatoms. The van der Waals surface area contributed by atoms with Crippen LogP contribution in [-0.4, -0.2) is 34.8 Å². The number of rotatable bonds is 4. The van der Waals surface area contributed by atoms with Crippen molar-refractivity contribution in [2.75, 3.05) is 23.7 Å². The van der Waals surface area contributed by atoms with Crippen LogP contribution in [0.1, 0.15) is 12.6 Å². The number of aryl methyl sites for hydroxylation is 1. The van der Waals surface area contributed by atoms with Crippen LogP contribution < -0.4 is 10.6 Å². The molecule has 0 radical (unpaired) electrons. The Labute approximate surface area is 138 Å².